The molecule has 0 amide bonds. The Hall–Kier alpha value is -1.20. The molecule has 0 heterocycles. The van der Waals surface area contributed by atoms with E-state index in [2.05, 4.69) is 0 Å². The van der Waals surface area contributed by atoms with E-state index in [4.69, 9.17) is 4.55 Å². The largest absolute Gasteiger partial charge is 0.293 e. The van der Waals surface area contributed by atoms with Crippen LogP contribution in [0, 0.1) is 6.92 Å². The SMILES string of the molecule is Cc1ccccc1C(=O)C(C)S(=O)(=O)O. The van der Waals surface area contributed by atoms with E-state index >= 15 is 0 Å². The Labute approximate surface area is 88.7 Å². The summed E-state index contributed by atoms with van der Waals surface area (Å²) in [6.07, 6.45) is 0. The number of rotatable bonds is 3. The quantitative estimate of drug-likeness (QED) is 0.628. The Bertz CT molecular complexity index is 476. The molecule has 0 bridgehead atoms. The van der Waals surface area contributed by atoms with Crippen molar-refractivity contribution >= 4 is 15.9 Å². The highest BCUT2D eigenvalue weighted by molar-refractivity contribution is 7.87. The molecule has 1 N–H and O–H groups in total. The smallest absolute Gasteiger partial charge is 0.275 e. The first kappa shape index (κ1) is 11.9. The van der Waals surface area contributed by atoms with Gasteiger partial charge in [-0.05, 0) is 19.4 Å². The lowest BCUT2D eigenvalue weighted by Gasteiger charge is -2.08. The maximum absolute atomic E-state index is 11.7. The first-order valence-electron chi connectivity index (χ1n) is 4.40. The van der Waals surface area contributed by atoms with Gasteiger partial charge in [0.25, 0.3) is 10.1 Å². The molecule has 0 saturated carbocycles. The molecule has 0 aliphatic heterocycles. The Morgan fingerprint density at radius 1 is 1.33 bits per heavy atom. The van der Waals surface area contributed by atoms with Gasteiger partial charge in [0.05, 0.1) is 0 Å². The van der Waals surface area contributed by atoms with Crippen LogP contribution in [-0.2, 0) is 10.1 Å². The van der Waals surface area contributed by atoms with E-state index in [-0.39, 0.29) is 0 Å². The fourth-order valence-corrected chi connectivity index (χ4v) is 1.60. The van der Waals surface area contributed by atoms with Gasteiger partial charge in [-0.25, -0.2) is 0 Å². The molecule has 0 spiro atoms. The summed E-state index contributed by atoms with van der Waals surface area (Å²) < 4.78 is 30.3. The number of ketones is 1. The molecule has 0 radical (unpaired) electrons. The standard InChI is InChI=1S/C10H12O4S/c1-7-5-3-4-6-9(7)10(11)8(2)15(12,13)14/h3-6,8H,1-2H3,(H,12,13,14). The molecule has 82 valence electrons. The fourth-order valence-electron chi connectivity index (χ4n) is 1.20. The monoisotopic (exact) mass is 228 g/mol. The van der Waals surface area contributed by atoms with Crippen molar-refractivity contribution < 1.29 is 17.8 Å². The van der Waals surface area contributed by atoms with Crippen LogP contribution >= 0.6 is 0 Å². The topological polar surface area (TPSA) is 71.4 Å². The van der Waals surface area contributed by atoms with Crippen molar-refractivity contribution in [2.45, 2.75) is 19.1 Å². The van der Waals surface area contributed by atoms with E-state index in [9.17, 15) is 13.2 Å². The van der Waals surface area contributed by atoms with Crippen molar-refractivity contribution in [2.24, 2.45) is 0 Å². The number of Topliss-reactive ketones (excluding diaryl/α,β-unsaturated/α-hetero) is 1. The van der Waals surface area contributed by atoms with E-state index in [1.165, 1.54) is 6.92 Å². The van der Waals surface area contributed by atoms with Crippen molar-refractivity contribution in [2.75, 3.05) is 0 Å². The summed E-state index contributed by atoms with van der Waals surface area (Å²) in [6.45, 7) is 2.88. The molecule has 0 aromatic heterocycles. The molecule has 1 unspecified atom stereocenters. The van der Waals surface area contributed by atoms with E-state index < -0.39 is 21.2 Å². The number of carbonyl (C=O) groups is 1. The fraction of sp³-hybridized carbons (Fsp3) is 0.300. The molecular formula is C10H12O4S. The van der Waals surface area contributed by atoms with Gasteiger partial charge < -0.3 is 0 Å². The number of carbonyl (C=O) groups excluding carboxylic acids is 1. The second-order valence-electron chi connectivity index (χ2n) is 3.34. The lowest BCUT2D eigenvalue weighted by molar-refractivity contribution is 0.0988. The zero-order valence-corrected chi connectivity index (χ0v) is 9.28. The van der Waals surface area contributed by atoms with Gasteiger partial charge in [-0.2, -0.15) is 8.42 Å². The zero-order valence-electron chi connectivity index (χ0n) is 8.47. The highest BCUT2D eigenvalue weighted by atomic mass is 32.2. The van der Waals surface area contributed by atoms with Gasteiger partial charge in [0, 0.05) is 5.56 Å². The van der Waals surface area contributed by atoms with Crippen LogP contribution in [0.25, 0.3) is 0 Å². The van der Waals surface area contributed by atoms with Crippen LogP contribution in [0.15, 0.2) is 24.3 Å². The Morgan fingerprint density at radius 2 is 1.87 bits per heavy atom. The molecule has 1 rings (SSSR count). The van der Waals surface area contributed by atoms with Crippen LogP contribution in [-0.4, -0.2) is 24.0 Å². The molecule has 1 atom stereocenters. The molecule has 15 heavy (non-hydrogen) atoms. The number of hydrogen-bond acceptors (Lipinski definition) is 3. The number of aryl methyl sites for hydroxylation is 1. The second-order valence-corrected chi connectivity index (χ2v) is 5.07. The minimum atomic E-state index is -4.32. The molecule has 1 aromatic rings. The van der Waals surface area contributed by atoms with Crippen molar-refractivity contribution in [3.8, 4) is 0 Å². The van der Waals surface area contributed by atoms with Crippen molar-refractivity contribution in [1.82, 2.24) is 0 Å². The van der Waals surface area contributed by atoms with Crippen LogP contribution in [0.4, 0.5) is 0 Å². The van der Waals surface area contributed by atoms with Crippen LogP contribution in [0.5, 0.6) is 0 Å². The van der Waals surface area contributed by atoms with Gasteiger partial charge in [0.15, 0.2) is 5.78 Å². The molecule has 0 aliphatic carbocycles. The molecule has 1 aromatic carbocycles. The summed E-state index contributed by atoms with van der Waals surface area (Å²) in [5.41, 5.74) is 1.01. The highest BCUT2D eigenvalue weighted by Crippen LogP contribution is 2.13. The average molecular weight is 228 g/mol. The number of hydrogen-bond donors (Lipinski definition) is 1. The van der Waals surface area contributed by atoms with E-state index in [1.54, 1.807) is 31.2 Å². The molecule has 5 heteroatoms. The summed E-state index contributed by atoms with van der Waals surface area (Å²) >= 11 is 0. The summed E-state index contributed by atoms with van der Waals surface area (Å²) in [4.78, 5) is 11.7. The lowest BCUT2D eigenvalue weighted by Crippen LogP contribution is -2.27. The third-order valence-electron chi connectivity index (χ3n) is 2.23. The van der Waals surface area contributed by atoms with E-state index in [1.807, 2.05) is 0 Å². The van der Waals surface area contributed by atoms with Gasteiger partial charge in [-0.1, -0.05) is 24.3 Å². The molecular weight excluding hydrogens is 216 g/mol. The summed E-state index contributed by atoms with van der Waals surface area (Å²) in [5, 5.41) is -1.42. The second kappa shape index (κ2) is 4.12. The molecule has 0 aliphatic rings. The van der Waals surface area contributed by atoms with Gasteiger partial charge >= 0.3 is 0 Å². The Balaban J connectivity index is 3.12. The maximum Gasteiger partial charge on any atom is 0.275 e. The van der Waals surface area contributed by atoms with Gasteiger partial charge in [-0.3, -0.25) is 9.35 Å². The van der Waals surface area contributed by atoms with Gasteiger partial charge in [-0.15, -0.1) is 0 Å². The maximum atomic E-state index is 11.7. The number of benzene rings is 1. The molecule has 4 nitrogen and oxygen atoms in total. The Kier molecular flexibility index (Phi) is 3.26. The van der Waals surface area contributed by atoms with Crippen LogP contribution in [0.1, 0.15) is 22.8 Å². The molecule has 0 fully saturated rings. The lowest BCUT2D eigenvalue weighted by atomic mass is 10.0. The van der Waals surface area contributed by atoms with Crippen LogP contribution in [0.3, 0.4) is 0 Å². The van der Waals surface area contributed by atoms with E-state index in [0.29, 0.717) is 11.1 Å². The molecule has 0 saturated heterocycles. The third kappa shape index (κ3) is 2.64. The first-order chi connectivity index (χ1) is 6.84. The first-order valence-corrected chi connectivity index (χ1v) is 5.90. The van der Waals surface area contributed by atoms with Crippen molar-refractivity contribution in [1.29, 1.82) is 0 Å². The van der Waals surface area contributed by atoms with Crippen molar-refractivity contribution in [3.05, 3.63) is 35.4 Å². The highest BCUT2D eigenvalue weighted by Gasteiger charge is 2.27. The van der Waals surface area contributed by atoms with Crippen LogP contribution < -0.4 is 0 Å². The van der Waals surface area contributed by atoms with Crippen molar-refractivity contribution in [3.63, 3.8) is 0 Å². The average Bonchev–Trinajstić information content (AvgIpc) is 2.15. The zero-order chi connectivity index (χ0) is 11.6. The van der Waals surface area contributed by atoms with E-state index in [0.717, 1.165) is 0 Å². The Morgan fingerprint density at radius 3 is 2.33 bits per heavy atom. The summed E-state index contributed by atoms with van der Waals surface area (Å²) in [5.74, 6) is -0.587. The minimum absolute atomic E-state index is 0.322. The third-order valence-corrected chi connectivity index (χ3v) is 3.33. The minimum Gasteiger partial charge on any atom is -0.293 e. The normalized spacial score (nSPS) is 13.5. The van der Waals surface area contributed by atoms with Gasteiger partial charge in [0.1, 0.15) is 5.25 Å². The summed E-state index contributed by atoms with van der Waals surface area (Å²) in [6, 6.07) is 6.66. The van der Waals surface area contributed by atoms with Crippen LogP contribution in [0.2, 0.25) is 0 Å². The predicted octanol–water partition coefficient (Wildman–Crippen LogP) is 1.45. The predicted molar refractivity (Wildman–Crippen MR) is 56.5 cm³/mol. The van der Waals surface area contributed by atoms with Gasteiger partial charge in [0.2, 0.25) is 0 Å². The summed E-state index contributed by atoms with van der Waals surface area (Å²) in [7, 11) is -4.32.